The first-order chi connectivity index (χ1) is 8.06. The van der Waals surface area contributed by atoms with E-state index < -0.39 is 0 Å². The third-order valence-electron chi connectivity index (χ3n) is 3.11. The zero-order chi connectivity index (χ0) is 12.4. The number of pyridine rings is 1. The Labute approximate surface area is 111 Å². The molecule has 0 spiro atoms. The summed E-state index contributed by atoms with van der Waals surface area (Å²) in [7, 11) is 1.81. The van der Waals surface area contributed by atoms with E-state index in [0.29, 0.717) is 11.5 Å². The second-order valence-electron chi connectivity index (χ2n) is 4.48. The van der Waals surface area contributed by atoms with Crippen LogP contribution in [-0.2, 0) is 0 Å². The Morgan fingerprint density at radius 1 is 1.41 bits per heavy atom. The quantitative estimate of drug-likeness (QED) is 0.792. The minimum atomic E-state index is -0.0527. The number of aromatic nitrogens is 1. The maximum Gasteiger partial charge on any atom is 0.253 e. The number of halogens is 2. The summed E-state index contributed by atoms with van der Waals surface area (Å²) >= 11 is 11.6. The number of hydrogen-bond donors (Lipinski definition) is 0. The minimum absolute atomic E-state index is 0.0527. The first kappa shape index (κ1) is 12.7. The Bertz CT molecular complexity index is 412. The first-order valence-corrected chi connectivity index (χ1v) is 6.40. The molecular weight excluding hydrogens is 259 g/mol. The predicted octanol–water partition coefficient (Wildman–Crippen LogP) is 3.26. The summed E-state index contributed by atoms with van der Waals surface area (Å²) in [5, 5.41) is 0.496. The van der Waals surface area contributed by atoms with Crippen molar-refractivity contribution in [1.82, 2.24) is 9.88 Å². The highest BCUT2D eigenvalue weighted by Gasteiger charge is 2.22. The fourth-order valence-electron chi connectivity index (χ4n) is 1.95. The Hall–Kier alpha value is -0.800. The lowest BCUT2D eigenvalue weighted by molar-refractivity contribution is 0.0745. The average molecular weight is 273 g/mol. The summed E-state index contributed by atoms with van der Waals surface area (Å²) < 4.78 is 0. The summed E-state index contributed by atoms with van der Waals surface area (Å²) in [6.07, 6.45) is 3.71. The summed E-state index contributed by atoms with van der Waals surface area (Å²) in [5.41, 5.74) is 0.497. The van der Waals surface area contributed by atoms with Crippen molar-refractivity contribution < 1.29 is 4.79 Å². The van der Waals surface area contributed by atoms with E-state index >= 15 is 0 Å². The molecule has 1 aromatic rings. The molecule has 0 atom stereocenters. The predicted molar refractivity (Wildman–Crippen MR) is 68.6 cm³/mol. The van der Waals surface area contributed by atoms with Crippen LogP contribution in [0.4, 0.5) is 0 Å². The highest BCUT2D eigenvalue weighted by molar-refractivity contribution is 6.33. The van der Waals surface area contributed by atoms with Crippen molar-refractivity contribution in [3.05, 3.63) is 28.0 Å². The molecule has 2 rings (SSSR count). The van der Waals surface area contributed by atoms with Crippen LogP contribution in [0.3, 0.4) is 0 Å². The zero-order valence-electron chi connectivity index (χ0n) is 9.62. The Morgan fingerprint density at radius 2 is 2.00 bits per heavy atom. The van der Waals surface area contributed by atoms with Crippen molar-refractivity contribution in [3.8, 4) is 0 Å². The Kier molecular flexibility index (Phi) is 3.89. The zero-order valence-corrected chi connectivity index (χ0v) is 11.1. The van der Waals surface area contributed by atoms with E-state index in [1.54, 1.807) is 17.0 Å². The molecule has 1 aliphatic carbocycles. The van der Waals surface area contributed by atoms with Gasteiger partial charge in [-0.15, -0.1) is 0 Å². The highest BCUT2D eigenvalue weighted by Crippen LogP contribution is 2.27. The van der Waals surface area contributed by atoms with Gasteiger partial charge >= 0.3 is 0 Å². The van der Waals surface area contributed by atoms with Crippen molar-refractivity contribution in [2.45, 2.75) is 19.3 Å². The van der Waals surface area contributed by atoms with E-state index in [-0.39, 0.29) is 16.2 Å². The van der Waals surface area contributed by atoms with Crippen molar-refractivity contribution in [2.24, 2.45) is 5.92 Å². The number of rotatable bonds is 3. The molecule has 0 aromatic carbocycles. The van der Waals surface area contributed by atoms with E-state index in [1.165, 1.54) is 19.3 Å². The number of amides is 1. The lowest BCUT2D eigenvalue weighted by Gasteiger charge is -2.30. The van der Waals surface area contributed by atoms with Gasteiger partial charge in [0.2, 0.25) is 0 Å². The molecule has 1 aliphatic rings. The lowest BCUT2D eigenvalue weighted by atomic mass is 9.85. The summed E-state index contributed by atoms with van der Waals surface area (Å²) in [4.78, 5) is 17.7. The van der Waals surface area contributed by atoms with Crippen molar-refractivity contribution in [1.29, 1.82) is 0 Å². The summed E-state index contributed by atoms with van der Waals surface area (Å²) in [6.45, 7) is 0.802. The fourth-order valence-corrected chi connectivity index (χ4v) is 2.41. The van der Waals surface area contributed by atoms with Crippen molar-refractivity contribution in [3.63, 3.8) is 0 Å². The van der Waals surface area contributed by atoms with E-state index in [4.69, 9.17) is 23.2 Å². The molecule has 0 aliphatic heterocycles. The molecule has 1 fully saturated rings. The molecule has 3 nitrogen and oxygen atoms in total. The molecule has 0 radical (unpaired) electrons. The fraction of sp³-hybridized carbons (Fsp3) is 0.500. The second kappa shape index (κ2) is 5.23. The topological polar surface area (TPSA) is 33.2 Å². The van der Waals surface area contributed by atoms with E-state index in [9.17, 15) is 4.79 Å². The van der Waals surface area contributed by atoms with E-state index in [1.807, 2.05) is 7.05 Å². The highest BCUT2D eigenvalue weighted by atomic mass is 35.5. The standard InChI is InChI=1S/C12H14Cl2N2O/c1-16(7-8-3-2-4-8)12(17)9-5-10(13)15-11(14)6-9/h5-6,8H,2-4,7H2,1H3. The SMILES string of the molecule is CN(CC1CCC1)C(=O)c1cc(Cl)nc(Cl)c1. The molecule has 0 N–H and O–H groups in total. The van der Waals surface area contributed by atoms with Gasteiger partial charge in [0, 0.05) is 19.2 Å². The molecule has 17 heavy (non-hydrogen) atoms. The van der Waals surface area contributed by atoms with Crippen LogP contribution in [0.5, 0.6) is 0 Å². The molecule has 1 aromatic heterocycles. The molecule has 1 saturated carbocycles. The minimum Gasteiger partial charge on any atom is -0.341 e. The lowest BCUT2D eigenvalue weighted by Crippen LogP contribution is -2.34. The van der Waals surface area contributed by atoms with Crippen LogP contribution in [0.2, 0.25) is 10.3 Å². The van der Waals surface area contributed by atoms with Gasteiger partial charge in [-0.05, 0) is 30.9 Å². The molecule has 92 valence electrons. The molecule has 1 heterocycles. The normalized spacial score (nSPS) is 15.5. The Balaban J connectivity index is 2.06. The number of carbonyl (C=O) groups excluding carboxylic acids is 1. The molecular formula is C12H14Cl2N2O. The van der Waals surface area contributed by atoms with Crippen LogP contribution in [0.25, 0.3) is 0 Å². The van der Waals surface area contributed by atoms with E-state index in [0.717, 1.165) is 6.54 Å². The van der Waals surface area contributed by atoms with Crippen LogP contribution >= 0.6 is 23.2 Å². The maximum atomic E-state index is 12.1. The second-order valence-corrected chi connectivity index (χ2v) is 5.26. The van der Waals surface area contributed by atoms with Crippen molar-refractivity contribution >= 4 is 29.1 Å². The van der Waals surface area contributed by atoms with Gasteiger partial charge in [-0.3, -0.25) is 4.79 Å². The summed E-state index contributed by atoms with van der Waals surface area (Å²) in [6, 6.07) is 3.10. The van der Waals surface area contributed by atoms with Crippen LogP contribution in [-0.4, -0.2) is 29.4 Å². The van der Waals surface area contributed by atoms with Crippen molar-refractivity contribution in [2.75, 3.05) is 13.6 Å². The molecule has 0 unspecified atom stereocenters. The molecule has 0 saturated heterocycles. The molecule has 5 heteroatoms. The smallest absolute Gasteiger partial charge is 0.253 e. The molecule has 0 bridgehead atoms. The number of nitrogens with zero attached hydrogens (tertiary/aromatic N) is 2. The van der Waals surface area contributed by atoms with Gasteiger partial charge in [0.05, 0.1) is 0 Å². The average Bonchev–Trinajstić information content (AvgIpc) is 2.20. The summed E-state index contributed by atoms with van der Waals surface area (Å²) in [5.74, 6) is 0.597. The Morgan fingerprint density at radius 3 is 2.47 bits per heavy atom. The van der Waals surface area contributed by atoms with Gasteiger partial charge in [0.15, 0.2) is 0 Å². The van der Waals surface area contributed by atoms with Crippen LogP contribution < -0.4 is 0 Å². The van der Waals surface area contributed by atoms with Gasteiger partial charge in [-0.1, -0.05) is 29.6 Å². The third kappa shape index (κ3) is 3.11. The van der Waals surface area contributed by atoms with Crippen LogP contribution in [0.1, 0.15) is 29.6 Å². The van der Waals surface area contributed by atoms with Crippen LogP contribution in [0.15, 0.2) is 12.1 Å². The van der Waals surface area contributed by atoms with E-state index in [2.05, 4.69) is 4.98 Å². The first-order valence-electron chi connectivity index (χ1n) is 5.65. The van der Waals surface area contributed by atoms with Gasteiger partial charge in [0.25, 0.3) is 5.91 Å². The van der Waals surface area contributed by atoms with Gasteiger partial charge < -0.3 is 4.90 Å². The maximum absolute atomic E-state index is 12.1. The largest absolute Gasteiger partial charge is 0.341 e. The number of hydrogen-bond acceptors (Lipinski definition) is 2. The van der Waals surface area contributed by atoms with Gasteiger partial charge in [-0.25, -0.2) is 4.98 Å². The number of carbonyl (C=O) groups is 1. The van der Waals surface area contributed by atoms with Crippen LogP contribution in [0, 0.1) is 5.92 Å². The third-order valence-corrected chi connectivity index (χ3v) is 3.50. The monoisotopic (exact) mass is 272 g/mol. The molecule has 1 amide bonds. The van der Waals surface area contributed by atoms with Gasteiger partial charge in [-0.2, -0.15) is 0 Å². The van der Waals surface area contributed by atoms with Gasteiger partial charge in [0.1, 0.15) is 10.3 Å².